The van der Waals surface area contributed by atoms with E-state index in [2.05, 4.69) is 16.2 Å². The maximum atomic E-state index is 12.2. The lowest BCUT2D eigenvalue weighted by Gasteiger charge is -2.11. The first-order chi connectivity index (χ1) is 13.3. The third-order valence-corrected chi connectivity index (χ3v) is 3.68. The second-order valence-electron chi connectivity index (χ2n) is 5.87. The number of rotatable bonds is 7. The Bertz CT molecular complexity index is 940. The highest BCUT2D eigenvalue weighted by atomic mass is 16.6. The van der Waals surface area contributed by atoms with Gasteiger partial charge in [0.1, 0.15) is 11.3 Å². The second-order valence-corrected chi connectivity index (χ2v) is 5.87. The van der Waals surface area contributed by atoms with E-state index >= 15 is 0 Å². The molecule has 0 aliphatic rings. The summed E-state index contributed by atoms with van der Waals surface area (Å²) in [7, 11) is 1.50. The number of methoxy groups -OCH3 is 1. The monoisotopic (exact) mass is 384 g/mol. The van der Waals surface area contributed by atoms with Gasteiger partial charge in [0.25, 0.3) is 11.6 Å². The molecule has 2 aromatic carbocycles. The Labute approximate surface area is 161 Å². The van der Waals surface area contributed by atoms with Gasteiger partial charge >= 0.3 is 0 Å². The summed E-state index contributed by atoms with van der Waals surface area (Å²) in [5, 5.41) is 13.7. The van der Waals surface area contributed by atoms with Crippen molar-refractivity contribution in [2.45, 2.75) is 13.8 Å². The highest BCUT2D eigenvalue weighted by Gasteiger charge is 2.18. The largest absolute Gasteiger partial charge is 0.495 e. The van der Waals surface area contributed by atoms with Gasteiger partial charge < -0.3 is 15.5 Å². The van der Waals surface area contributed by atoms with Crippen molar-refractivity contribution in [1.82, 2.24) is 10.9 Å². The van der Waals surface area contributed by atoms with Crippen LogP contribution in [-0.4, -0.2) is 23.8 Å². The molecule has 9 nitrogen and oxygen atoms in total. The van der Waals surface area contributed by atoms with Gasteiger partial charge in [-0.2, -0.15) is 0 Å². The molecule has 0 aromatic heterocycles. The van der Waals surface area contributed by atoms with Crippen LogP contribution >= 0.6 is 0 Å². The molecule has 0 aliphatic heterocycles. The van der Waals surface area contributed by atoms with Crippen molar-refractivity contribution >= 4 is 23.2 Å². The van der Waals surface area contributed by atoms with E-state index in [4.69, 9.17) is 4.74 Å². The molecule has 9 heteroatoms. The molecule has 0 fully saturated rings. The molecule has 0 unspecified atom stereocenters. The summed E-state index contributed by atoms with van der Waals surface area (Å²) in [6.45, 7) is 3.45. The number of benzene rings is 2. The summed E-state index contributed by atoms with van der Waals surface area (Å²) in [5.41, 5.74) is 6.27. The zero-order valence-electron chi connectivity index (χ0n) is 15.6. The molecule has 0 spiro atoms. The van der Waals surface area contributed by atoms with Crippen molar-refractivity contribution in [3.63, 3.8) is 0 Å². The number of hydrogen-bond acceptors (Lipinski definition) is 6. The van der Waals surface area contributed by atoms with Gasteiger partial charge in [-0.1, -0.05) is 18.2 Å². The number of hydrazine groups is 1. The standard InChI is InChI=1S/C19H20N4O5/c1-12-8-9-17(28-3)15(10-12)20-18(24)11-13(2)21-22-19(25)14-6-4-5-7-16(14)23(26)27/h4-11,21H,1-3H3,(H,20,24)(H,22,25). The molecule has 0 bridgehead atoms. The van der Waals surface area contributed by atoms with Crippen LogP contribution in [-0.2, 0) is 4.79 Å². The molecule has 0 heterocycles. The minimum Gasteiger partial charge on any atom is -0.495 e. The number of nitro groups is 1. The van der Waals surface area contributed by atoms with Crippen LogP contribution in [0.15, 0.2) is 54.2 Å². The van der Waals surface area contributed by atoms with E-state index in [1.54, 1.807) is 19.1 Å². The minimum absolute atomic E-state index is 0.0956. The van der Waals surface area contributed by atoms with Crippen LogP contribution in [0.25, 0.3) is 0 Å². The molecule has 146 valence electrons. The van der Waals surface area contributed by atoms with E-state index in [-0.39, 0.29) is 11.3 Å². The maximum absolute atomic E-state index is 12.2. The quantitative estimate of drug-likeness (QED) is 0.383. The van der Waals surface area contributed by atoms with E-state index in [1.807, 2.05) is 13.0 Å². The molecule has 2 amide bonds. The van der Waals surface area contributed by atoms with Crippen LogP contribution in [0.1, 0.15) is 22.8 Å². The molecule has 2 rings (SSSR count). The molecular formula is C19H20N4O5. The minimum atomic E-state index is -0.694. The van der Waals surface area contributed by atoms with Crippen LogP contribution in [0.3, 0.4) is 0 Å². The van der Waals surface area contributed by atoms with Crippen LogP contribution in [0.5, 0.6) is 5.75 Å². The topological polar surface area (TPSA) is 123 Å². The number of nitrogens with zero attached hydrogens (tertiary/aromatic N) is 1. The summed E-state index contributed by atoms with van der Waals surface area (Å²) in [6, 6.07) is 10.9. The Morgan fingerprint density at radius 1 is 1.14 bits per heavy atom. The number of amides is 2. The zero-order chi connectivity index (χ0) is 20.7. The lowest BCUT2D eigenvalue weighted by molar-refractivity contribution is -0.385. The number of allylic oxidation sites excluding steroid dienone is 1. The average molecular weight is 384 g/mol. The Hall–Kier alpha value is -3.88. The van der Waals surface area contributed by atoms with Gasteiger partial charge in [0.05, 0.1) is 17.7 Å². The van der Waals surface area contributed by atoms with Crippen molar-refractivity contribution in [3.05, 3.63) is 75.5 Å². The summed E-state index contributed by atoms with van der Waals surface area (Å²) in [5.74, 6) is -0.614. The second kappa shape index (κ2) is 9.17. The third kappa shape index (κ3) is 5.31. The first kappa shape index (κ1) is 20.4. The molecule has 0 aliphatic carbocycles. The van der Waals surface area contributed by atoms with E-state index in [0.717, 1.165) is 5.56 Å². The maximum Gasteiger partial charge on any atom is 0.282 e. The van der Waals surface area contributed by atoms with Gasteiger partial charge in [0.15, 0.2) is 0 Å². The van der Waals surface area contributed by atoms with Crippen molar-refractivity contribution < 1.29 is 19.2 Å². The van der Waals surface area contributed by atoms with E-state index in [1.165, 1.54) is 37.5 Å². The average Bonchev–Trinajstić information content (AvgIpc) is 2.66. The summed E-state index contributed by atoms with van der Waals surface area (Å²) < 4.78 is 5.20. The number of carbonyl (C=O) groups is 2. The number of nitrogens with one attached hydrogen (secondary N) is 3. The number of anilines is 1. The van der Waals surface area contributed by atoms with Crippen LogP contribution in [0, 0.1) is 17.0 Å². The lowest BCUT2D eigenvalue weighted by Crippen LogP contribution is -2.36. The van der Waals surface area contributed by atoms with Crippen LogP contribution in [0.2, 0.25) is 0 Å². The zero-order valence-corrected chi connectivity index (χ0v) is 15.6. The molecule has 2 aromatic rings. The third-order valence-electron chi connectivity index (χ3n) is 3.68. The number of carbonyl (C=O) groups excluding carboxylic acids is 2. The first-order valence-electron chi connectivity index (χ1n) is 8.25. The van der Waals surface area contributed by atoms with Gasteiger partial charge in [-0.3, -0.25) is 25.1 Å². The molecule has 3 N–H and O–H groups in total. The van der Waals surface area contributed by atoms with Crippen LogP contribution < -0.4 is 20.9 Å². The van der Waals surface area contributed by atoms with Crippen molar-refractivity contribution in [3.8, 4) is 5.75 Å². The SMILES string of the molecule is COc1ccc(C)cc1NC(=O)C=C(C)NNC(=O)c1ccccc1[N+](=O)[O-]. The van der Waals surface area contributed by atoms with E-state index < -0.39 is 16.7 Å². The number of aryl methyl sites for hydroxylation is 1. The fourth-order valence-electron chi connectivity index (χ4n) is 2.37. The van der Waals surface area contributed by atoms with E-state index in [0.29, 0.717) is 17.1 Å². The van der Waals surface area contributed by atoms with Crippen molar-refractivity contribution in [1.29, 1.82) is 0 Å². The Morgan fingerprint density at radius 3 is 2.54 bits per heavy atom. The van der Waals surface area contributed by atoms with Crippen molar-refractivity contribution in [2.75, 3.05) is 12.4 Å². The highest BCUT2D eigenvalue weighted by molar-refractivity contribution is 6.01. The molecule has 28 heavy (non-hydrogen) atoms. The first-order valence-corrected chi connectivity index (χ1v) is 8.25. The summed E-state index contributed by atoms with van der Waals surface area (Å²) in [4.78, 5) is 34.7. The molecule has 0 saturated carbocycles. The Morgan fingerprint density at radius 2 is 1.86 bits per heavy atom. The van der Waals surface area contributed by atoms with Gasteiger partial charge in [-0.15, -0.1) is 0 Å². The molecule has 0 saturated heterocycles. The number of para-hydroxylation sites is 1. The lowest BCUT2D eigenvalue weighted by atomic mass is 10.2. The fraction of sp³-hybridized carbons (Fsp3) is 0.158. The van der Waals surface area contributed by atoms with Crippen LogP contribution in [0.4, 0.5) is 11.4 Å². The predicted octanol–water partition coefficient (Wildman–Crippen LogP) is 2.69. The molecule has 0 atom stereocenters. The van der Waals surface area contributed by atoms with E-state index in [9.17, 15) is 19.7 Å². The highest BCUT2D eigenvalue weighted by Crippen LogP contribution is 2.25. The van der Waals surface area contributed by atoms with Crippen molar-refractivity contribution in [2.24, 2.45) is 0 Å². The van der Waals surface area contributed by atoms with Gasteiger partial charge in [0.2, 0.25) is 5.91 Å². The molecule has 0 radical (unpaired) electrons. The Balaban J connectivity index is 2.01. The number of ether oxygens (including phenoxy) is 1. The fourth-order valence-corrected chi connectivity index (χ4v) is 2.37. The number of hydrogen-bond donors (Lipinski definition) is 3. The van der Waals surface area contributed by atoms with Gasteiger partial charge in [-0.25, -0.2) is 0 Å². The molecular weight excluding hydrogens is 364 g/mol. The predicted molar refractivity (Wildman–Crippen MR) is 104 cm³/mol. The Kier molecular flexibility index (Phi) is 6.69. The number of nitro benzene ring substituents is 1. The summed E-state index contributed by atoms with van der Waals surface area (Å²) in [6.07, 6.45) is 1.24. The normalized spacial score (nSPS) is 10.8. The van der Waals surface area contributed by atoms with Gasteiger partial charge in [-0.05, 0) is 37.6 Å². The smallest absolute Gasteiger partial charge is 0.282 e. The summed E-state index contributed by atoms with van der Waals surface area (Å²) >= 11 is 0. The van der Waals surface area contributed by atoms with Gasteiger partial charge in [0, 0.05) is 17.8 Å².